The Hall–Kier alpha value is -2.92. The number of hydrogen-bond acceptors (Lipinski definition) is 6. The van der Waals surface area contributed by atoms with Crippen molar-refractivity contribution in [3.05, 3.63) is 88.6 Å². The molecule has 5 rings (SSSR count). The van der Waals surface area contributed by atoms with Crippen LogP contribution in [0.2, 0.25) is 5.02 Å². The van der Waals surface area contributed by atoms with Crippen LogP contribution in [0.5, 0.6) is 5.75 Å². The van der Waals surface area contributed by atoms with E-state index in [9.17, 15) is 8.42 Å². The van der Waals surface area contributed by atoms with Crippen LogP contribution in [0.1, 0.15) is 23.1 Å². The lowest BCUT2D eigenvalue weighted by Gasteiger charge is -2.35. The molecule has 1 aliphatic heterocycles. The molecule has 10 heteroatoms. The Kier molecular flexibility index (Phi) is 9.88. The number of benzene rings is 3. The van der Waals surface area contributed by atoms with Crippen LogP contribution in [-0.4, -0.2) is 68.9 Å². The van der Waals surface area contributed by atoms with Gasteiger partial charge in [-0.05, 0) is 65.6 Å². The van der Waals surface area contributed by atoms with Crippen LogP contribution in [0, 0.1) is 0 Å². The van der Waals surface area contributed by atoms with Crippen molar-refractivity contribution in [3.8, 4) is 16.9 Å². The van der Waals surface area contributed by atoms with Crippen LogP contribution in [-0.2, 0) is 36.2 Å². The average molecular weight is 610 g/mol. The summed E-state index contributed by atoms with van der Waals surface area (Å²) in [5, 5.41) is 1.97. The zero-order valence-electron chi connectivity index (χ0n) is 24.4. The highest BCUT2D eigenvalue weighted by Gasteiger charge is 2.20. The second-order valence-corrected chi connectivity index (χ2v) is 13.2. The smallest absolute Gasteiger partial charge is 0.209 e. The third-order valence-electron chi connectivity index (χ3n) is 7.90. The van der Waals surface area contributed by atoms with Gasteiger partial charge in [-0.15, -0.1) is 0 Å². The first-order valence-electron chi connectivity index (χ1n) is 14.4. The minimum atomic E-state index is -3.36. The van der Waals surface area contributed by atoms with Crippen LogP contribution >= 0.6 is 11.6 Å². The standard InChI is InChI=1S/C32H40ClN5O3S/c1-41-27-9-10-28(26(19-27)20-35-42(2,39)40)30-23-38(13-5-12-34)32-11-8-24(18-29(30)32)21-36-14-16-37(17-15-36)22-25-6-3-4-7-31(25)33/h3-4,6-11,18-19,23,35H,5,12-17,20-22,34H2,1-2H3. The molecule has 1 aromatic heterocycles. The largest absolute Gasteiger partial charge is 0.497 e. The van der Waals surface area contributed by atoms with Gasteiger partial charge >= 0.3 is 0 Å². The molecule has 8 nitrogen and oxygen atoms in total. The van der Waals surface area contributed by atoms with E-state index in [-0.39, 0.29) is 6.54 Å². The molecule has 4 aromatic rings. The molecule has 224 valence electrons. The SMILES string of the molecule is COc1ccc(-c2cn(CCCN)c3ccc(CN4CCN(Cc5ccccc5Cl)CC4)cc23)c(CNS(C)(=O)=O)c1. The van der Waals surface area contributed by atoms with Crippen molar-refractivity contribution in [2.45, 2.75) is 32.6 Å². The van der Waals surface area contributed by atoms with Crippen molar-refractivity contribution in [1.29, 1.82) is 0 Å². The first-order valence-corrected chi connectivity index (χ1v) is 16.6. The molecule has 0 radical (unpaired) electrons. The van der Waals surface area contributed by atoms with E-state index in [1.807, 2.05) is 36.4 Å². The van der Waals surface area contributed by atoms with Crippen LogP contribution in [0.15, 0.2) is 66.9 Å². The van der Waals surface area contributed by atoms with Gasteiger partial charge in [0.05, 0.1) is 13.4 Å². The number of nitrogens with one attached hydrogen (secondary N) is 1. The predicted molar refractivity (Wildman–Crippen MR) is 171 cm³/mol. The molecule has 0 spiro atoms. The van der Waals surface area contributed by atoms with Crippen LogP contribution < -0.4 is 15.2 Å². The van der Waals surface area contributed by atoms with Gasteiger partial charge in [0, 0.05) is 80.0 Å². The third-order valence-corrected chi connectivity index (χ3v) is 8.94. The van der Waals surface area contributed by atoms with E-state index < -0.39 is 10.0 Å². The maximum Gasteiger partial charge on any atom is 0.209 e. The van der Waals surface area contributed by atoms with Gasteiger partial charge in [-0.1, -0.05) is 41.9 Å². The Bertz CT molecular complexity index is 1630. The summed E-state index contributed by atoms with van der Waals surface area (Å²) in [5.74, 6) is 0.685. The number of halogens is 1. The molecular weight excluding hydrogens is 570 g/mol. The van der Waals surface area contributed by atoms with Gasteiger partial charge < -0.3 is 15.0 Å². The lowest BCUT2D eigenvalue weighted by atomic mass is 9.98. The van der Waals surface area contributed by atoms with Gasteiger partial charge in [0.2, 0.25) is 10.0 Å². The first-order chi connectivity index (χ1) is 20.2. The summed E-state index contributed by atoms with van der Waals surface area (Å²) in [4.78, 5) is 4.97. The summed E-state index contributed by atoms with van der Waals surface area (Å²) in [6.07, 6.45) is 4.21. The van der Waals surface area contributed by atoms with Crippen molar-refractivity contribution in [1.82, 2.24) is 19.1 Å². The fourth-order valence-electron chi connectivity index (χ4n) is 5.65. The fraction of sp³-hybridized carbons (Fsp3) is 0.375. The molecule has 0 unspecified atom stereocenters. The number of fused-ring (bicyclic) bond motifs is 1. The second-order valence-electron chi connectivity index (χ2n) is 11.0. The minimum absolute atomic E-state index is 0.180. The van der Waals surface area contributed by atoms with Gasteiger partial charge in [-0.2, -0.15) is 0 Å². The topological polar surface area (TPSA) is 92.8 Å². The molecule has 3 aromatic carbocycles. The highest BCUT2D eigenvalue weighted by atomic mass is 35.5. The molecule has 3 N–H and O–H groups in total. The Morgan fingerprint density at radius 2 is 1.67 bits per heavy atom. The monoisotopic (exact) mass is 609 g/mol. The van der Waals surface area contributed by atoms with E-state index in [0.29, 0.717) is 12.3 Å². The number of hydrogen-bond donors (Lipinski definition) is 2. The molecule has 0 aliphatic carbocycles. The maximum atomic E-state index is 11.9. The Morgan fingerprint density at radius 3 is 2.36 bits per heavy atom. The van der Waals surface area contributed by atoms with Crippen molar-refractivity contribution in [2.24, 2.45) is 5.73 Å². The molecule has 2 heterocycles. The maximum absolute atomic E-state index is 11.9. The number of aromatic nitrogens is 1. The third kappa shape index (κ3) is 7.53. The summed E-state index contributed by atoms with van der Waals surface area (Å²) in [6, 6.07) is 20.6. The van der Waals surface area contributed by atoms with Crippen molar-refractivity contribution in [2.75, 3.05) is 46.1 Å². The highest BCUT2D eigenvalue weighted by molar-refractivity contribution is 7.88. The lowest BCUT2D eigenvalue weighted by molar-refractivity contribution is 0.122. The summed E-state index contributed by atoms with van der Waals surface area (Å²) < 4.78 is 34.2. The number of ether oxygens (including phenoxy) is 1. The van der Waals surface area contributed by atoms with Crippen molar-refractivity contribution < 1.29 is 13.2 Å². The fourth-order valence-corrected chi connectivity index (χ4v) is 6.26. The number of rotatable bonds is 12. The summed E-state index contributed by atoms with van der Waals surface area (Å²) in [7, 11) is -1.75. The number of methoxy groups -OCH3 is 1. The second kappa shape index (κ2) is 13.6. The molecule has 0 atom stereocenters. The molecular formula is C32H40ClN5O3S. The zero-order valence-corrected chi connectivity index (χ0v) is 25.9. The molecule has 0 amide bonds. The number of aryl methyl sites for hydroxylation is 1. The van der Waals surface area contributed by atoms with Gasteiger partial charge in [0.25, 0.3) is 0 Å². The van der Waals surface area contributed by atoms with E-state index in [4.69, 9.17) is 22.1 Å². The minimum Gasteiger partial charge on any atom is -0.497 e. The van der Waals surface area contributed by atoms with Crippen LogP contribution in [0.4, 0.5) is 0 Å². The first kappa shape index (κ1) is 30.5. The van der Waals surface area contributed by atoms with E-state index in [0.717, 1.165) is 84.9 Å². The Labute approximate surface area is 254 Å². The molecule has 1 saturated heterocycles. The van der Waals surface area contributed by atoms with Crippen LogP contribution in [0.3, 0.4) is 0 Å². The number of nitrogens with zero attached hydrogens (tertiary/aromatic N) is 3. The van der Waals surface area contributed by atoms with E-state index in [1.54, 1.807) is 7.11 Å². The molecule has 42 heavy (non-hydrogen) atoms. The van der Waals surface area contributed by atoms with Crippen molar-refractivity contribution >= 4 is 32.5 Å². The average Bonchev–Trinajstić information content (AvgIpc) is 3.34. The van der Waals surface area contributed by atoms with Crippen LogP contribution in [0.25, 0.3) is 22.0 Å². The van der Waals surface area contributed by atoms with E-state index in [2.05, 4.69) is 49.6 Å². The predicted octanol–water partition coefficient (Wildman–Crippen LogP) is 4.69. The molecule has 0 saturated carbocycles. The number of nitrogens with two attached hydrogens (primary N) is 1. The van der Waals surface area contributed by atoms with Gasteiger partial charge in [0.15, 0.2) is 0 Å². The number of piperazine rings is 1. The summed E-state index contributed by atoms with van der Waals surface area (Å²) >= 11 is 6.39. The van der Waals surface area contributed by atoms with Gasteiger partial charge in [-0.3, -0.25) is 9.80 Å². The molecule has 0 bridgehead atoms. The van der Waals surface area contributed by atoms with Gasteiger partial charge in [0.1, 0.15) is 5.75 Å². The molecule has 1 fully saturated rings. The van der Waals surface area contributed by atoms with E-state index in [1.165, 1.54) is 17.4 Å². The lowest BCUT2D eigenvalue weighted by Crippen LogP contribution is -2.45. The van der Waals surface area contributed by atoms with Gasteiger partial charge in [-0.25, -0.2) is 13.1 Å². The quantitative estimate of drug-likeness (QED) is 0.242. The summed E-state index contributed by atoms with van der Waals surface area (Å²) in [6.45, 7) is 7.33. The zero-order chi connectivity index (χ0) is 29.7. The highest BCUT2D eigenvalue weighted by Crippen LogP contribution is 2.36. The molecule has 1 aliphatic rings. The normalized spacial score (nSPS) is 15.0. The summed E-state index contributed by atoms with van der Waals surface area (Å²) in [5.41, 5.74) is 12.3. The van der Waals surface area contributed by atoms with Crippen molar-refractivity contribution in [3.63, 3.8) is 0 Å². The van der Waals surface area contributed by atoms with E-state index >= 15 is 0 Å². The Morgan fingerprint density at radius 1 is 0.929 bits per heavy atom. The Balaban J connectivity index is 1.40. The number of sulfonamides is 1.